The standard InChI is InChI=1S/C6H9N3OS/c1-2-3-4-10-6-9-8-5(7)11-6/h2-3H,4H2,1H3,(H2,7,8)/b3-2+. The van der Waals surface area contributed by atoms with Crippen LogP contribution in [-0.4, -0.2) is 16.8 Å². The SMILES string of the molecule is C/C=C/COc1nnc(N)s1. The van der Waals surface area contributed by atoms with Gasteiger partial charge in [0, 0.05) is 0 Å². The highest BCUT2D eigenvalue weighted by Crippen LogP contribution is 2.18. The number of anilines is 1. The van der Waals surface area contributed by atoms with E-state index in [4.69, 9.17) is 10.5 Å². The summed E-state index contributed by atoms with van der Waals surface area (Å²) in [7, 11) is 0. The first-order valence-electron chi connectivity index (χ1n) is 3.16. The second kappa shape index (κ2) is 3.92. The van der Waals surface area contributed by atoms with Crippen LogP contribution >= 0.6 is 11.3 Å². The van der Waals surface area contributed by atoms with Crippen LogP contribution in [0.15, 0.2) is 12.2 Å². The number of nitrogens with zero attached hydrogens (tertiary/aromatic N) is 2. The summed E-state index contributed by atoms with van der Waals surface area (Å²) < 4.78 is 5.15. The van der Waals surface area contributed by atoms with E-state index in [1.165, 1.54) is 11.3 Å². The average Bonchev–Trinajstić information content (AvgIpc) is 2.37. The van der Waals surface area contributed by atoms with Gasteiger partial charge >= 0.3 is 0 Å². The molecule has 11 heavy (non-hydrogen) atoms. The number of aromatic nitrogens is 2. The number of ether oxygens (including phenoxy) is 1. The highest BCUT2D eigenvalue weighted by molar-refractivity contribution is 7.16. The summed E-state index contributed by atoms with van der Waals surface area (Å²) in [4.78, 5) is 0. The average molecular weight is 171 g/mol. The van der Waals surface area contributed by atoms with Crippen LogP contribution in [0.4, 0.5) is 5.13 Å². The Hall–Kier alpha value is -1.10. The van der Waals surface area contributed by atoms with Crippen molar-refractivity contribution in [2.45, 2.75) is 6.92 Å². The molecule has 0 aromatic carbocycles. The molecule has 0 bridgehead atoms. The first kappa shape index (κ1) is 8.00. The van der Waals surface area contributed by atoms with E-state index in [9.17, 15) is 0 Å². The second-order valence-electron chi connectivity index (χ2n) is 1.79. The van der Waals surface area contributed by atoms with Crippen molar-refractivity contribution in [2.75, 3.05) is 12.3 Å². The van der Waals surface area contributed by atoms with E-state index in [1.54, 1.807) is 0 Å². The van der Waals surface area contributed by atoms with Crippen molar-refractivity contribution >= 4 is 16.5 Å². The Morgan fingerprint density at radius 1 is 1.64 bits per heavy atom. The fourth-order valence-electron chi connectivity index (χ4n) is 0.494. The number of hydrogen-bond donors (Lipinski definition) is 1. The van der Waals surface area contributed by atoms with Crippen LogP contribution in [-0.2, 0) is 0 Å². The maximum atomic E-state index is 5.33. The Labute approximate surface area is 68.7 Å². The molecule has 2 N–H and O–H groups in total. The molecule has 0 saturated carbocycles. The van der Waals surface area contributed by atoms with Crippen LogP contribution in [0.3, 0.4) is 0 Å². The van der Waals surface area contributed by atoms with Crippen molar-refractivity contribution < 1.29 is 4.74 Å². The molecule has 0 aliphatic carbocycles. The fourth-order valence-corrected chi connectivity index (χ4v) is 0.964. The van der Waals surface area contributed by atoms with Crippen LogP contribution in [0.5, 0.6) is 5.19 Å². The first-order chi connectivity index (χ1) is 5.33. The molecule has 4 nitrogen and oxygen atoms in total. The Kier molecular flexibility index (Phi) is 2.85. The van der Waals surface area contributed by atoms with Crippen molar-refractivity contribution in [1.82, 2.24) is 10.2 Å². The van der Waals surface area contributed by atoms with Crippen molar-refractivity contribution in [1.29, 1.82) is 0 Å². The van der Waals surface area contributed by atoms with E-state index in [1.807, 2.05) is 19.1 Å². The maximum absolute atomic E-state index is 5.33. The van der Waals surface area contributed by atoms with Gasteiger partial charge in [0.1, 0.15) is 6.61 Å². The zero-order valence-electron chi connectivity index (χ0n) is 6.15. The molecule has 0 unspecified atom stereocenters. The van der Waals surface area contributed by atoms with E-state index in [0.717, 1.165) is 0 Å². The Morgan fingerprint density at radius 2 is 2.45 bits per heavy atom. The summed E-state index contributed by atoms with van der Waals surface area (Å²) in [5.74, 6) is 0. The van der Waals surface area contributed by atoms with Crippen LogP contribution in [0.2, 0.25) is 0 Å². The molecule has 1 rings (SSSR count). The lowest BCUT2D eigenvalue weighted by molar-refractivity contribution is 0.357. The van der Waals surface area contributed by atoms with Crippen LogP contribution in [0, 0.1) is 0 Å². The van der Waals surface area contributed by atoms with Crippen LogP contribution in [0.1, 0.15) is 6.92 Å². The Morgan fingerprint density at radius 3 is 3.00 bits per heavy atom. The third-order valence-electron chi connectivity index (χ3n) is 0.961. The summed E-state index contributed by atoms with van der Waals surface area (Å²) in [5.41, 5.74) is 5.33. The predicted molar refractivity (Wildman–Crippen MR) is 44.6 cm³/mol. The zero-order valence-corrected chi connectivity index (χ0v) is 6.97. The quantitative estimate of drug-likeness (QED) is 0.691. The largest absolute Gasteiger partial charge is 0.465 e. The minimum absolute atomic E-state index is 0.431. The van der Waals surface area contributed by atoms with Gasteiger partial charge in [-0.25, -0.2) is 0 Å². The molecule has 0 spiro atoms. The summed E-state index contributed by atoms with van der Waals surface area (Å²) in [6.45, 7) is 2.45. The fraction of sp³-hybridized carbons (Fsp3) is 0.333. The molecule has 0 atom stereocenters. The molecular formula is C6H9N3OS. The van der Waals surface area contributed by atoms with E-state index in [0.29, 0.717) is 16.9 Å². The molecule has 0 fully saturated rings. The molecule has 1 aromatic heterocycles. The predicted octanol–water partition coefficient (Wildman–Crippen LogP) is 1.08. The van der Waals surface area contributed by atoms with Crippen molar-refractivity contribution in [3.05, 3.63) is 12.2 Å². The van der Waals surface area contributed by atoms with Gasteiger partial charge in [-0.05, 0) is 18.3 Å². The number of nitrogen functional groups attached to an aromatic ring is 1. The molecule has 5 heteroatoms. The molecule has 1 aromatic rings. The van der Waals surface area contributed by atoms with Gasteiger partial charge in [0.05, 0.1) is 0 Å². The van der Waals surface area contributed by atoms with Gasteiger partial charge in [-0.3, -0.25) is 0 Å². The molecular weight excluding hydrogens is 162 g/mol. The van der Waals surface area contributed by atoms with Gasteiger partial charge in [-0.1, -0.05) is 17.3 Å². The summed E-state index contributed by atoms with van der Waals surface area (Å²) in [5, 5.41) is 8.21. The number of rotatable bonds is 3. The molecule has 0 radical (unpaired) electrons. The van der Waals surface area contributed by atoms with Crippen molar-refractivity contribution in [2.24, 2.45) is 0 Å². The van der Waals surface area contributed by atoms with Crippen molar-refractivity contribution in [3.8, 4) is 5.19 Å². The van der Waals surface area contributed by atoms with E-state index in [2.05, 4.69) is 10.2 Å². The first-order valence-corrected chi connectivity index (χ1v) is 3.97. The topological polar surface area (TPSA) is 61.0 Å². The van der Waals surface area contributed by atoms with Gasteiger partial charge < -0.3 is 10.5 Å². The monoisotopic (exact) mass is 171 g/mol. The molecule has 0 aliphatic rings. The van der Waals surface area contributed by atoms with E-state index < -0.39 is 0 Å². The lowest BCUT2D eigenvalue weighted by atomic mass is 10.6. The molecule has 0 saturated heterocycles. The molecule has 0 aliphatic heterocycles. The summed E-state index contributed by atoms with van der Waals surface area (Å²) >= 11 is 1.24. The van der Waals surface area contributed by atoms with Gasteiger partial charge in [-0.2, -0.15) is 0 Å². The smallest absolute Gasteiger partial charge is 0.296 e. The van der Waals surface area contributed by atoms with E-state index >= 15 is 0 Å². The van der Waals surface area contributed by atoms with Crippen molar-refractivity contribution in [3.63, 3.8) is 0 Å². The van der Waals surface area contributed by atoms with Crippen LogP contribution in [0.25, 0.3) is 0 Å². The number of hydrogen-bond acceptors (Lipinski definition) is 5. The Bertz CT molecular complexity index is 246. The summed E-state index contributed by atoms with van der Waals surface area (Å²) in [6, 6.07) is 0. The third-order valence-corrected chi connectivity index (χ3v) is 1.63. The zero-order chi connectivity index (χ0) is 8.10. The highest BCUT2D eigenvalue weighted by atomic mass is 32.1. The minimum atomic E-state index is 0.431. The molecule has 60 valence electrons. The lowest BCUT2D eigenvalue weighted by Gasteiger charge is -1.92. The summed E-state index contributed by atoms with van der Waals surface area (Å²) in [6.07, 6.45) is 3.79. The van der Waals surface area contributed by atoms with Gasteiger partial charge in [0.2, 0.25) is 5.13 Å². The minimum Gasteiger partial charge on any atom is -0.465 e. The molecule has 0 amide bonds. The normalized spacial score (nSPS) is 10.6. The van der Waals surface area contributed by atoms with Gasteiger partial charge in [0.15, 0.2) is 0 Å². The van der Waals surface area contributed by atoms with Gasteiger partial charge in [0.25, 0.3) is 5.19 Å². The van der Waals surface area contributed by atoms with E-state index in [-0.39, 0.29) is 0 Å². The Balaban J connectivity index is 2.38. The third kappa shape index (κ3) is 2.55. The molecule has 1 heterocycles. The van der Waals surface area contributed by atoms with Gasteiger partial charge in [-0.15, -0.1) is 5.10 Å². The lowest BCUT2D eigenvalue weighted by Crippen LogP contribution is -1.91. The highest BCUT2D eigenvalue weighted by Gasteiger charge is 1.98. The van der Waals surface area contributed by atoms with Crippen LogP contribution < -0.4 is 10.5 Å². The number of allylic oxidation sites excluding steroid dienone is 1. The second-order valence-corrected chi connectivity index (χ2v) is 2.76. The number of nitrogens with two attached hydrogens (primary N) is 1. The maximum Gasteiger partial charge on any atom is 0.296 e.